The van der Waals surface area contributed by atoms with Gasteiger partial charge in [-0.1, -0.05) is 6.92 Å². The Hall–Kier alpha value is -2.24. The summed E-state index contributed by atoms with van der Waals surface area (Å²) in [4.78, 5) is 30.3. The standard InChI is InChI=1S/C17H23N5O/c1-3-16(23)22-6-4-5-13(11-22)7-14-9-19-15(10-18-14)17-20-8-12(2)21-17/h8-10,13H,3-7,11H2,1-2H3,(H,20,21). The van der Waals surface area contributed by atoms with Crippen LogP contribution in [0.4, 0.5) is 0 Å². The van der Waals surface area contributed by atoms with E-state index < -0.39 is 0 Å². The van der Waals surface area contributed by atoms with E-state index in [2.05, 4.69) is 19.9 Å². The molecule has 122 valence electrons. The van der Waals surface area contributed by atoms with Gasteiger partial charge in [-0.25, -0.2) is 9.97 Å². The lowest BCUT2D eigenvalue weighted by Crippen LogP contribution is -2.40. The van der Waals surface area contributed by atoms with Gasteiger partial charge in [-0.15, -0.1) is 0 Å². The number of nitrogens with zero attached hydrogens (tertiary/aromatic N) is 4. The zero-order valence-corrected chi connectivity index (χ0v) is 13.7. The molecule has 0 bridgehead atoms. The molecule has 0 aliphatic carbocycles. The lowest BCUT2D eigenvalue weighted by Gasteiger charge is -2.32. The number of aromatic nitrogens is 4. The Morgan fingerprint density at radius 3 is 2.83 bits per heavy atom. The molecule has 1 atom stereocenters. The van der Waals surface area contributed by atoms with Crippen molar-refractivity contribution in [3.05, 3.63) is 30.0 Å². The first kappa shape index (κ1) is 15.6. The van der Waals surface area contributed by atoms with Gasteiger partial charge in [0.1, 0.15) is 5.69 Å². The van der Waals surface area contributed by atoms with Crippen LogP contribution in [0.1, 0.15) is 37.6 Å². The summed E-state index contributed by atoms with van der Waals surface area (Å²) in [7, 11) is 0. The maximum atomic E-state index is 11.9. The molecule has 1 aliphatic rings. The number of hydrogen-bond donors (Lipinski definition) is 1. The zero-order chi connectivity index (χ0) is 16.2. The molecule has 0 aromatic carbocycles. The van der Waals surface area contributed by atoms with Gasteiger partial charge in [0.2, 0.25) is 5.91 Å². The summed E-state index contributed by atoms with van der Waals surface area (Å²) in [6, 6.07) is 0. The lowest BCUT2D eigenvalue weighted by molar-refractivity contribution is -0.132. The molecule has 3 heterocycles. The molecular formula is C17H23N5O. The quantitative estimate of drug-likeness (QED) is 0.940. The number of nitrogens with one attached hydrogen (secondary N) is 1. The van der Waals surface area contributed by atoms with Crippen LogP contribution in [0.3, 0.4) is 0 Å². The number of hydrogen-bond acceptors (Lipinski definition) is 4. The molecule has 6 nitrogen and oxygen atoms in total. The van der Waals surface area contributed by atoms with Crippen LogP contribution in [0.2, 0.25) is 0 Å². The molecular weight excluding hydrogens is 290 g/mol. The molecule has 1 aliphatic heterocycles. The van der Waals surface area contributed by atoms with Gasteiger partial charge in [0.05, 0.1) is 11.9 Å². The average molecular weight is 313 g/mol. The summed E-state index contributed by atoms with van der Waals surface area (Å²) >= 11 is 0. The van der Waals surface area contributed by atoms with Crippen molar-refractivity contribution in [2.45, 2.75) is 39.5 Å². The third-order valence-electron chi connectivity index (χ3n) is 4.32. The molecule has 1 fully saturated rings. The summed E-state index contributed by atoms with van der Waals surface area (Å²) in [6.45, 7) is 5.62. The Bertz CT molecular complexity index is 664. The molecule has 1 unspecified atom stereocenters. The number of aromatic amines is 1. The van der Waals surface area contributed by atoms with E-state index in [1.807, 2.05) is 24.9 Å². The SMILES string of the molecule is CCC(=O)N1CCCC(Cc2cnc(-c3ncc(C)[nH]3)cn2)C1. The minimum atomic E-state index is 0.254. The Labute approximate surface area is 136 Å². The minimum absolute atomic E-state index is 0.254. The first-order chi connectivity index (χ1) is 11.2. The number of likely N-dealkylation sites (tertiary alicyclic amines) is 1. The van der Waals surface area contributed by atoms with Crippen molar-refractivity contribution in [1.29, 1.82) is 0 Å². The second kappa shape index (κ2) is 6.89. The summed E-state index contributed by atoms with van der Waals surface area (Å²) in [6.07, 6.45) is 9.06. The zero-order valence-electron chi connectivity index (χ0n) is 13.7. The summed E-state index contributed by atoms with van der Waals surface area (Å²) in [5.74, 6) is 1.48. The van der Waals surface area contributed by atoms with Crippen molar-refractivity contribution in [1.82, 2.24) is 24.8 Å². The van der Waals surface area contributed by atoms with Gasteiger partial charge in [-0.3, -0.25) is 9.78 Å². The predicted octanol–water partition coefficient (Wildman–Crippen LogP) is 2.37. The number of imidazole rings is 1. The molecule has 1 N–H and O–H groups in total. The molecule has 0 radical (unpaired) electrons. The molecule has 1 saturated heterocycles. The second-order valence-electron chi connectivity index (χ2n) is 6.21. The van der Waals surface area contributed by atoms with Gasteiger partial charge in [-0.2, -0.15) is 0 Å². The number of amides is 1. The van der Waals surface area contributed by atoms with Crippen LogP contribution < -0.4 is 0 Å². The van der Waals surface area contributed by atoms with Crippen molar-refractivity contribution in [2.75, 3.05) is 13.1 Å². The molecule has 3 rings (SSSR count). The number of rotatable bonds is 4. The summed E-state index contributed by atoms with van der Waals surface area (Å²) in [5, 5.41) is 0. The van der Waals surface area contributed by atoms with Gasteiger partial charge in [0, 0.05) is 37.6 Å². The first-order valence-corrected chi connectivity index (χ1v) is 8.26. The van der Waals surface area contributed by atoms with Crippen LogP contribution in [0.5, 0.6) is 0 Å². The highest BCUT2D eigenvalue weighted by atomic mass is 16.2. The molecule has 2 aromatic rings. The van der Waals surface area contributed by atoms with E-state index in [0.29, 0.717) is 12.3 Å². The van der Waals surface area contributed by atoms with Crippen molar-refractivity contribution < 1.29 is 4.79 Å². The average Bonchev–Trinajstić information content (AvgIpc) is 3.01. The summed E-state index contributed by atoms with van der Waals surface area (Å²) in [5.41, 5.74) is 2.75. The van der Waals surface area contributed by atoms with Gasteiger partial charge in [-0.05, 0) is 32.1 Å². The van der Waals surface area contributed by atoms with E-state index in [4.69, 9.17) is 0 Å². The highest BCUT2D eigenvalue weighted by Crippen LogP contribution is 2.21. The van der Waals surface area contributed by atoms with E-state index in [0.717, 1.165) is 55.3 Å². The van der Waals surface area contributed by atoms with Crippen molar-refractivity contribution >= 4 is 5.91 Å². The largest absolute Gasteiger partial charge is 0.342 e. The van der Waals surface area contributed by atoms with E-state index in [1.54, 1.807) is 12.4 Å². The van der Waals surface area contributed by atoms with Crippen molar-refractivity contribution in [3.63, 3.8) is 0 Å². The van der Waals surface area contributed by atoms with E-state index in [1.165, 1.54) is 0 Å². The highest BCUT2D eigenvalue weighted by molar-refractivity contribution is 5.75. The molecule has 6 heteroatoms. The maximum absolute atomic E-state index is 11.9. The predicted molar refractivity (Wildman–Crippen MR) is 87.6 cm³/mol. The van der Waals surface area contributed by atoms with Crippen LogP contribution in [-0.4, -0.2) is 43.8 Å². The lowest BCUT2D eigenvalue weighted by atomic mass is 9.93. The van der Waals surface area contributed by atoms with Crippen LogP contribution in [-0.2, 0) is 11.2 Å². The van der Waals surface area contributed by atoms with Gasteiger partial charge < -0.3 is 9.88 Å². The first-order valence-electron chi connectivity index (χ1n) is 8.26. The van der Waals surface area contributed by atoms with E-state index in [9.17, 15) is 4.79 Å². The fraction of sp³-hybridized carbons (Fsp3) is 0.529. The molecule has 1 amide bonds. The number of piperidine rings is 1. The number of H-pyrrole nitrogens is 1. The molecule has 23 heavy (non-hydrogen) atoms. The third-order valence-corrected chi connectivity index (χ3v) is 4.32. The molecule has 0 saturated carbocycles. The highest BCUT2D eigenvalue weighted by Gasteiger charge is 2.23. The monoisotopic (exact) mass is 313 g/mol. The summed E-state index contributed by atoms with van der Waals surface area (Å²) < 4.78 is 0. The Morgan fingerprint density at radius 1 is 1.30 bits per heavy atom. The van der Waals surface area contributed by atoms with E-state index >= 15 is 0 Å². The number of aryl methyl sites for hydroxylation is 1. The van der Waals surface area contributed by atoms with Crippen molar-refractivity contribution in [2.24, 2.45) is 5.92 Å². The minimum Gasteiger partial charge on any atom is -0.342 e. The van der Waals surface area contributed by atoms with Crippen LogP contribution in [0.15, 0.2) is 18.6 Å². The smallest absolute Gasteiger partial charge is 0.222 e. The number of carbonyl (C=O) groups excluding carboxylic acids is 1. The normalized spacial score (nSPS) is 18.2. The van der Waals surface area contributed by atoms with Crippen LogP contribution >= 0.6 is 0 Å². The Balaban J connectivity index is 1.63. The van der Waals surface area contributed by atoms with E-state index in [-0.39, 0.29) is 5.91 Å². The van der Waals surface area contributed by atoms with Gasteiger partial charge in [0.15, 0.2) is 5.82 Å². The Morgan fingerprint density at radius 2 is 2.17 bits per heavy atom. The third kappa shape index (κ3) is 3.75. The molecule has 0 spiro atoms. The Kier molecular flexibility index (Phi) is 4.69. The van der Waals surface area contributed by atoms with Crippen molar-refractivity contribution in [3.8, 4) is 11.5 Å². The van der Waals surface area contributed by atoms with Crippen LogP contribution in [0.25, 0.3) is 11.5 Å². The fourth-order valence-corrected chi connectivity index (χ4v) is 3.10. The maximum Gasteiger partial charge on any atom is 0.222 e. The molecule has 2 aromatic heterocycles. The fourth-order valence-electron chi connectivity index (χ4n) is 3.10. The van der Waals surface area contributed by atoms with Gasteiger partial charge >= 0.3 is 0 Å². The topological polar surface area (TPSA) is 74.8 Å². The second-order valence-corrected chi connectivity index (χ2v) is 6.21. The van der Waals surface area contributed by atoms with Crippen LogP contribution in [0, 0.1) is 12.8 Å². The van der Waals surface area contributed by atoms with Gasteiger partial charge in [0.25, 0.3) is 0 Å². The number of carbonyl (C=O) groups is 1.